The Balaban J connectivity index is 1.88. The Morgan fingerprint density at radius 1 is 1.03 bits per heavy atom. The lowest BCUT2D eigenvalue weighted by Crippen LogP contribution is -2.29. The lowest BCUT2D eigenvalue weighted by molar-refractivity contribution is -0.132. The van der Waals surface area contributed by atoms with Crippen molar-refractivity contribution in [1.29, 1.82) is 0 Å². The zero-order valence-corrected chi connectivity index (χ0v) is 19.3. The lowest BCUT2D eigenvalue weighted by Gasteiger charge is -2.25. The average molecular weight is 460 g/mol. The number of rotatable bonds is 6. The fraction of sp³-hybridized carbons (Fsp3) is 0.214. The van der Waals surface area contributed by atoms with Crippen LogP contribution in [0.25, 0.3) is 5.76 Å². The van der Waals surface area contributed by atoms with Crippen LogP contribution in [0.1, 0.15) is 36.6 Å². The number of carbonyl (C=O) groups excluding carboxylic acids is 2. The molecule has 1 aliphatic heterocycles. The van der Waals surface area contributed by atoms with E-state index in [9.17, 15) is 19.1 Å². The molecule has 0 aromatic heterocycles. The van der Waals surface area contributed by atoms with Crippen molar-refractivity contribution in [2.75, 3.05) is 11.5 Å². The summed E-state index contributed by atoms with van der Waals surface area (Å²) in [5.74, 6) is -1.64. The van der Waals surface area contributed by atoms with Gasteiger partial charge in [0.25, 0.3) is 11.7 Å². The molecule has 1 saturated heterocycles. The fourth-order valence-electron chi connectivity index (χ4n) is 4.03. The number of nitrogens with zero attached hydrogens (tertiary/aromatic N) is 1. The van der Waals surface area contributed by atoms with Gasteiger partial charge in [0.15, 0.2) is 0 Å². The zero-order chi connectivity index (χ0) is 24.4. The maximum Gasteiger partial charge on any atom is 0.300 e. The highest BCUT2D eigenvalue weighted by molar-refractivity contribution is 6.51. The minimum absolute atomic E-state index is 0.0547. The molecule has 5 nitrogen and oxygen atoms in total. The van der Waals surface area contributed by atoms with Gasteiger partial charge in [0.05, 0.1) is 18.2 Å². The number of aryl methyl sites for hydroxylation is 1. The van der Waals surface area contributed by atoms with E-state index in [1.54, 1.807) is 36.4 Å². The molecule has 0 bridgehead atoms. The second-order valence-corrected chi connectivity index (χ2v) is 8.80. The Morgan fingerprint density at radius 2 is 1.76 bits per heavy atom. The van der Waals surface area contributed by atoms with Crippen molar-refractivity contribution < 1.29 is 23.8 Å². The molecule has 174 valence electrons. The second kappa shape index (κ2) is 9.51. The van der Waals surface area contributed by atoms with Gasteiger partial charge in [-0.05, 0) is 48.7 Å². The first-order valence-electron chi connectivity index (χ1n) is 11.1. The number of carbonyl (C=O) groups is 2. The summed E-state index contributed by atoms with van der Waals surface area (Å²) in [6, 6.07) is 18.7. The molecule has 0 aliphatic carbocycles. The van der Waals surface area contributed by atoms with Crippen LogP contribution in [0, 0.1) is 18.7 Å². The van der Waals surface area contributed by atoms with Crippen molar-refractivity contribution in [3.8, 4) is 5.75 Å². The Hall–Kier alpha value is -3.93. The number of amides is 1. The van der Waals surface area contributed by atoms with E-state index in [0.29, 0.717) is 29.4 Å². The fourth-order valence-corrected chi connectivity index (χ4v) is 4.03. The van der Waals surface area contributed by atoms with E-state index in [1.165, 1.54) is 23.1 Å². The topological polar surface area (TPSA) is 66.8 Å². The van der Waals surface area contributed by atoms with Crippen LogP contribution in [0.2, 0.25) is 0 Å². The van der Waals surface area contributed by atoms with Crippen LogP contribution in [-0.2, 0) is 9.59 Å². The molecule has 0 spiro atoms. The van der Waals surface area contributed by atoms with Gasteiger partial charge in [-0.2, -0.15) is 0 Å². The molecule has 1 amide bonds. The molecule has 3 aromatic rings. The molecule has 3 aromatic carbocycles. The molecular weight excluding hydrogens is 433 g/mol. The molecule has 0 saturated carbocycles. The van der Waals surface area contributed by atoms with Crippen molar-refractivity contribution in [3.05, 3.63) is 101 Å². The van der Waals surface area contributed by atoms with Gasteiger partial charge in [0.1, 0.15) is 17.3 Å². The van der Waals surface area contributed by atoms with E-state index in [-0.39, 0.29) is 17.0 Å². The van der Waals surface area contributed by atoms with E-state index in [0.717, 1.165) is 5.56 Å². The van der Waals surface area contributed by atoms with Gasteiger partial charge in [0, 0.05) is 11.3 Å². The van der Waals surface area contributed by atoms with Gasteiger partial charge in [0.2, 0.25) is 0 Å². The standard InChI is InChI=1S/C28H26FNO4/c1-17(2)16-34-23-12-5-9-20(14-23)26(31)24-25(19-8-4-7-18(3)13-19)30(28(33)27(24)32)22-11-6-10-21(29)15-22/h4-15,17,25,31H,16H2,1-3H3/b26-24+. The van der Waals surface area contributed by atoms with E-state index in [2.05, 4.69) is 0 Å². The Morgan fingerprint density at radius 3 is 2.47 bits per heavy atom. The van der Waals surface area contributed by atoms with Crippen LogP contribution >= 0.6 is 0 Å². The predicted octanol–water partition coefficient (Wildman–Crippen LogP) is 5.80. The van der Waals surface area contributed by atoms with Crippen LogP contribution in [0.15, 0.2) is 78.4 Å². The van der Waals surface area contributed by atoms with E-state index in [1.807, 2.05) is 39.0 Å². The Bertz CT molecular complexity index is 1280. The summed E-state index contributed by atoms with van der Waals surface area (Å²) in [5.41, 5.74) is 2.10. The van der Waals surface area contributed by atoms with Crippen LogP contribution < -0.4 is 9.64 Å². The van der Waals surface area contributed by atoms with Crippen LogP contribution in [0.4, 0.5) is 10.1 Å². The number of Topliss-reactive ketones (excluding diaryl/α,β-unsaturated/α-hetero) is 1. The number of benzene rings is 3. The van der Waals surface area contributed by atoms with Crippen molar-refractivity contribution in [2.45, 2.75) is 26.8 Å². The molecule has 1 aliphatic rings. The number of halogens is 1. The van der Waals surface area contributed by atoms with E-state index in [4.69, 9.17) is 4.74 Å². The van der Waals surface area contributed by atoms with Crippen molar-refractivity contribution in [2.24, 2.45) is 5.92 Å². The van der Waals surface area contributed by atoms with Crippen molar-refractivity contribution in [3.63, 3.8) is 0 Å². The monoisotopic (exact) mass is 459 g/mol. The third kappa shape index (κ3) is 4.57. The molecule has 6 heteroatoms. The molecule has 4 rings (SSSR count). The lowest BCUT2D eigenvalue weighted by atomic mass is 9.94. The number of ether oxygens (including phenoxy) is 1. The van der Waals surface area contributed by atoms with E-state index >= 15 is 0 Å². The molecule has 1 fully saturated rings. The summed E-state index contributed by atoms with van der Waals surface area (Å²) in [4.78, 5) is 27.6. The van der Waals surface area contributed by atoms with Gasteiger partial charge in [-0.15, -0.1) is 0 Å². The normalized spacial score (nSPS) is 17.4. The number of ketones is 1. The molecule has 1 unspecified atom stereocenters. The van der Waals surface area contributed by atoms with E-state index < -0.39 is 23.5 Å². The summed E-state index contributed by atoms with van der Waals surface area (Å²) in [7, 11) is 0. The van der Waals surface area contributed by atoms with Crippen LogP contribution in [0.3, 0.4) is 0 Å². The van der Waals surface area contributed by atoms with Gasteiger partial charge < -0.3 is 9.84 Å². The van der Waals surface area contributed by atoms with Gasteiger partial charge in [-0.3, -0.25) is 14.5 Å². The zero-order valence-electron chi connectivity index (χ0n) is 19.3. The maximum absolute atomic E-state index is 14.0. The first kappa shape index (κ1) is 23.2. The Kier molecular flexibility index (Phi) is 6.50. The summed E-state index contributed by atoms with van der Waals surface area (Å²) in [6.07, 6.45) is 0. The second-order valence-electron chi connectivity index (χ2n) is 8.80. The third-order valence-electron chi connectivity index (χ3n) is 5.58. The highest BCUT2D eigenvalue weighted by Gasteiger charge is 2.47. The highest BCUT2D eigenvalue weighted by Crippen LogP contribution is 2.42. The summed E-state index contributed by atoms with van der Waals surface area (Å²) < 4.78 is 19.8. The molecule has 1 atom stereocenters. The van der Waals surface area contributed by atoms with Crippen molar-refractivity contribution in [1.82, 2.24) is 0 Å². The molecule has 1 N–H and O–H groups in total. The van der Waals surface area contributed by atoms with Gasteiger partial charge in [-0.25, -0.2) is 4.39 Å². The first-order chi connectivity index (χ1) is 16.3. The number of hydrogen-bond acceptors (Lipinski definition) is 4. The van der Waals surface area contributed by atoms with Gasteiger partial charge in [-0.1, -0.05) is 61.9 Å². The number of anilines is 1. The Labute approximate surface area is 198 Å². The summed E-state index contributed by atoms with van der Waals surface area (Å²) >= 11 is 0. The average Bonchev–Trinajstić information content (AvgIpc) is 3.08. The summed E-state index contributed by atoms with van der Waals surface area (Å²) in [6.45, 7) is 6.45. The number of aliphatic hydroxyl groups is 1. The third-order valence-corrected chi connectivity index (χ3v) is 5.58. The van der Waals surface area contributed by atoms with Crippen molar-refractivity contribution >= 4 is 23.1 Å². The summed E-state index contributed by atoms with van der Waals surface area (Å²) in [5, 5.41) is 11.3. The number of hydrogen-bond donors (Lipinski definition) is 1. The molecule has 0 radical (unpaired) electrons. The SMILES string of the molecule is Cc1cccc(C2/C(=C(\O)c3cccc(OCC(C)C)c3)C(=O)C(=O)N2c2cccc(F)c2)c1. The van der Waals surface area contributed by atoms with Crippen LogP contribution in [-0.4, -0.2) is 23.4 Å². The highest BCUT2D eigenvalue weighted by atomic mass is 19.1. The largest absolute Gasteiger partial charge is 0.507 e. The quantitative estimate of drug-likeness (QED) is 0.288. The maximum atomic E-state index is 14.0. The molecular formula is C28H26FNO4. The molecule has 34 heavy (non-hydrogen) atoms. The molecule has 1 heterocycles. The van der Waals surface area contributed by atoms with Crippen LogP contribution in [0.5, 0.6) is 5.75 Å². The minimum atomic E-state index is -0.915. The minimum Gasteiger partial charge on any atom is -0.507 e. The predicted molar refractivity (Wildman–Crippen MR) is 129 cm³/mol. The number of aliphatic hydroxyl groups excluding tert-OH is 1. The van der Waals surface area contributed by atoms with Gasteiger partial charge >= 0.3 is 0 Å². The smallest absolute Gasteiger partial charge is 0.300 e. The first-order valence-corrected chi connectivity index (χ1v) is 11.1.